The van der Waals surface area contributed by atoms with Gasteiger partial charge in [0, 0.05) is 17.2 Å². The number of hydrogen-bond acceptors (Lipinski definition) is 2. The lowest BCUT2D eigenvalue weighted by atomic mass is 9.82. The van der Waals surface area contributed by atoms with Gasteiger partial charge >= 0.3 is 0 Å². The summed E-state index contributed by atoms with van der Waals surface area (Å²) >= 11 is 0. The molecule has 0 aliphatic heterocycles. The van der Waals surface area contributed by atoms with E-state index in [-0.39, 0.29) is 5.41 Å². The molecule has 5 aromatic rings. The smallest absolute Gasteiger partial charge is 0.160 e. The van der Waals surface area contributed by atoms with E-state index in [9.17, 15) is 0 Å². The predicted molar refractivity (Wildman–Crippen MR) is 144 cm³/mol. The summed E-state index contributed by atoms with van der Waals surface area (Å²) in [5.41, 5.74) is 8.86. The molecule has 34 heavy (non-hydrogen) atoms. The first-order valence-corrected chi connectivity index (χ1v) is 12.2. The largest absolute Gasteiger partial charge is 0.459 e. The third-order valence-electron chi connectivity index (χ3n) is 6.48. The molecule has 2 nitrogen and oxygen atoms in total. The van der Waals surface area contributed by atoms with Gasteiger partial charge in [-0.25, -0.2) is 4.98 Å². The Morgan fingerprint density at radius 1 is 0.853 bits per heavy atom. The quantitative estimate of drug-likeness (QED) is 0.274. The van der Waals surface area contributed by atoms with Crippen molar-refractivity contribution in [1.82, 2.24) is 4.98 Å². The zero-order chi connectivity index (χ0) is 24.0. The van der Waals surface area contributed by atoms with Gasteiger partial charge in [0.05, 0.1) is 5.69 Å². The SMILES string of the molecule is Cc1cc2nc(-c3cc(C(C)(C)C)c4ccccc4c3)cc(-c3ccc(CC(C)C)cc3)c2o1. The van der Waals surface area contributed by atoms with Gasteiger partial charge in [0.15, 0.2) is 5.58 Å². The zero-order valence-corrected chi connectivity index (χ0v) is 21.1. The van der Waals surface area contributed by atoms with Gasteiger partial charge in [0.25, 0.3) is 0 Å². The maximum Gasteiger partial charge on any atom is 0.160 e. The van der Waals surface area contributed by atoms with Gasteiger partial charge < -0.3 is 4.42 Å². The highest BCUT2D eigenvalue weighted by Gasteiger charge is 2.20. The van der Waals surface area contributed by atoms with Gasteiger partial charge in [-0.1, -0.05) is 83.1 Å². The minimum Gasteiger partial charge on any atom is -0.459 e. The van der Waals surface area contributed by atoms with Crippen LogP contribution < -0.4 is 0 Å². The van der Waals surface area contributed by atoms with Crippen molar-refractivity contribution in [3.8, 4) is 22.4 Å². The summed E-state index contributed by atoms with van der Waals surface area (Å²) in [6.07, 6.45) is 1.09. The Bertz CT molecular complexity index is 1480. The Hall–Kier alpha value is -3.39. The fraction of sp³-hybridized carbons (Fsp3) is 0.281. The molecule has 0 atom stereocenters. The summed E-state index contributed by atoms with van der Waals surface area (Å²) in [5, 5.41) is 2.55. The Morgan fingerprint density at radius 2 is 1.59 bits per heavy atom. The van der Waals surface area contributed by atoms with Crippen molar-refractivity contribution in [3.05, 3.63) is 89.7 Å². The van der Waals surface area contributed by atoms with Crippen molar-refractivity contribution in [2.45, 2.75) is 53.4 Å². The maximum absolute atomic E-state index is 6.12. The summed E-state index contributed by atoms with van der Waals surface area (Å²) in [7, 11) is 0. The first-order chi connectivity index (χ1) is 16.2. The minimum atomic E-state index is 0.0288. The van der Waals surface area contributed by atoms with Crippen LogP contribution in [0.5, 0.6) is 0 Å². The zero-order valence-electron chi connectivity index (χ0n) is 21.1. The number of nitrogens with zero attached hydrogens (tertiary/aromatic N) is 1. The molecule has 172 valence electrons. The van der Waals surface area contributed by atoms with Crippen LogP contribution in [-0.4, -0.2) is 4.98 Å². The highest BCUT2D eigenvalue weighted by atomic mass is 16.3. The predicted octanol–water partition coefficient (Wildman–Crippen LogP) is 9.12. The molecule has 0 fully saturated rings. The Labute approximate surface area is 202 Å². The van der Waals surface area contributed by atoms with E-state index in [2.05, 4.69) is 101 Å². The van der Waals surface area contributed by atoms with Crippen molar-refractivity contribution in [1.29, 1.82) is 0 Å². The molecule has 0 aliphatic carbocycles. The van der Waals surface area contributed by atoms with E-state index in [4.69, 9.17) is 9.40 Å². The molecule has 0 saturated carbocycles. The van der Waals surface area contributed by atoms with Crippen molar-refractivity contribution >= 4 is 21.9 Å². The van der Waals surface area contributed by atoms with Crippen LogP contribution in [0.15, 0.2) is 77.2 Å². The first-order valence-electron chi connectivity index (χ1n) is 12.2. The van der Waals surface area contributed by atoms with Crippen LogP contribution in [0.2, 0.25) is 0 Å². The summed E-state index contributed by atoms with van der Waals surface area (Å²) in [6, 6.07) is 26.4. The Morgan fingerprint density at radius 3 is 2.29 bits per heavy atom. The van der Waals surface area contributed by atoms with E-state index in [0.717, 1.165) is 45.7 Å². The van der Waals surface area contributed by atoms with Crippen LogP contribution in [-0.2, 0) is 11.8 Å². The molecule has 5 rings (SSSR count). The number of fused-ring (bicyclic) bond motifs is 2. The molecule has 2 heteroatoms. The van der Waals surface area contributed by atoms with Crippen molar-refractivity contribution in [3.63, 3.8) is 0 Å². The second-order valence-electron chi connectivity index (χ2n) is 10.9. The third-order valence-corrected chi connectivity index (χ3v) is 6.48. The van der Waals surface area contributed by atoms with Crippen molar-refractivity contribution in [2.24, 2.45) is 5.92 Å². The summed E-state index contributed by atoms with van der Waals surface area (Å²) in [6.45, 7) is 13.3. The molecule has 0 bridgehead atoms. The fourth-order valence-corrected chi connectivity index (χ4v) is 4.87. The van der Waals surface area contributed by atoms with Crippen LogP contribution in [0, 0.1) is 12.8 Å². The summed E-state index contributed by atoms with van der Waals surface area (Å²) < 4.78 is 6.12. The van der Waals surface area contributed by atoms with Crippen LogP contribution in [0.3, 0.4) is 0 Å². The highest BCUT2D eigenvalue weighted by Crippen LogP contribution is 2.38. The van der Waals surface area contributed by atoms with Crippen LogP contribution in [0.1, 0.15) is 51.5 Å². The summed E-state index contributed by atoms with van der Waals surface area (Å²) in [5.74, 6) is 1.52. The van der Waals surface area contributed by atoms with E-state index >= 15 is 0 Å². The Kier molecular flexibility index (Phi) is 5.56. The topological polar surface area (TPSA) is 26.0 Å². The summed E-state index contributed by atoms with van der Waals surface area (Å²) in [4.78, 5) is 5.05. The van der Waals surface area contributed by atoms with Crippen molar-refractivity contribution in [2.75, 3.05) is 0 Å². The van der Waals surface area contributed by atoms with Gasteiger partial charge in [0.1, 0.15) is 11.3 Å². The number of benzene rings is 3. The van der Waals surface area contributed by atoms with E-state index in [1.54, 1.807) is 0 Å². The number of aromatic nitrogens is 1. The molecule has 0 spiro atoms. The number of aryl methyl sites for hydroxylation is 1. The van der Waals surface area contributed by atoms with Crippen LogP contribution in [0.25, 0.3) is 44.3 Å². The average Bonchev–Trinajstić information content (AvgIpc) is 3.17. The molecule has 3 aromatic carbocycles. The average molecular weight is 448 g/mol. The molecule has 2 heterocycles. The fourth-order valence-electron chi connectivity index (χ4n) is 4.87. The molecule has 0 aliphatic rings. The van der Waals surface area contributed by atoms with Gasteiger partial charge in [-0.15, -0.1) is 0 Å². The van der Waals surface area contributed by atoms with Crippen molar-refractivity contribution < 1.29 is 4.42 Å². The van der Waals surface area contributed by atoms with Crippen LogP contribution >= 0.6 is 0 Å². The molecule has 0 radical (unpaired) electrons. The highest BCUT2D eigenvalue weighted by molar-refractivity contribution is 5.95. The number of rotatable bonds is 4. The lowest BCUT2D eigenvalue weighted by molar-refractivity contribution is 0.579. The van der Waals surface area contributed by atoms with Crippen LogP contribution in [0.4, 0.5) is 0 Å². The molecule has 0 N–H and O–H groups in total. The molecule has 2 aromatic heterocycles. The molecular weight excluding hydrogens is 414 g/mol. The van der Waals surface area contributed by atoms with Gasteiger partial charge in [-0.2, -0.15) is 0 Å². The number of hydrogen-bond donors (Lipinski definition) is 0. The molecule has 0 saturated heterocycles. The maximum atomic E-state index is 6.12. The standard InChI is InChI=1S/C32H33NO/c1-20(2)15-22-11-13-23(14-12-22)27-19-29(33-30-16-21(3)34-31(27)30)25-17-24-9-7-8-10-26(24)28(18-25)32(4,5)6/h7-14,16-20H,15H2,1-6H3. The number of pyridine rings is 1. The molecular formula is C32H33NO. The minimum absolute atomic E-state index is 0.0288. The normalized spacial score (nSPS) is 12.2. The first kappa shape index (κ1) is 22.4. The molecule has 0 amide bonds. The Balaban J connectivity index is 1.71. The third kappa shape index (κ3) is 4.25. The lowest BCUT2D eigenvalue weighted by Crippen LogP contribution is -2.12. The van der Waals surface area contributed by atoms with Gasteiger partial charge in [0.2, 0.25) is 0 Å². The second-order valence-corrected chi connectivity index (χ2v) is 10.9. The second kappa shape index (κ2) is 8.43. The van der Waals surface area contributed by atoms with E-state index < -0.39 is 0 Å². The lowest BCUT2D eigenvalue weighted by Gasteiger charge is -2.23. The van der Waals surface area contributed by atoms with Gasteiger partial charge in [-0.3, -0.25) is 0 Å². The number of furan rings is 1. The van der Waals surface area contributed by atoms with Gasteiger partial charge in [-0.05, 0) is 70.3 Å². The van der Waals surface area contributed by atoms with E-state index in [1.165, 1.54) is 21.9 Å². The van der Waals surface area contributed by atoms with E-state index in [1.807, 2.05) is 13.0 Å². The monoisotopic (exact) mass is 447 g/mol. The van der Waals surface area contributed by atoms with E-state index in [0.29, 0.717) is 5.92 Å². The molecule has 0 unspecified atom stereocenters.